The Morgan fingerprint density at radius 2 is 1.81 bits per heavy atom. The highest BCUT2D eigenvalue weighted by molar-refractivity contribution is 9.10. The van der Waals surface area contributed by atoms with Gasteiger partial charge in [-0.2, -0.15) is 0 Å². The average Bonchev–Trinajstić information content (AvgIpc) is 2.65. The first-order chi connectivity index (χ1) is 13.0. The number of benzene rings is 2. The van der Waals surface area contributed by atoms with E-state index < -0.39 is 0 Å². The highest BCUT2D eigenvalue weighted by atomic mass is 79.9. The standard InChI is InChI=1S/C21H18BrN3O2/c1-14-5-2-3-6-15(14)12-20(26)24-18-8-4-7-16(11-18)21(27)25-19-10-9-17(22)13-23-19/h2-11,13H,12H2,1H3,(H,24,26)(H,23,25,27). The second-order valence-corrected chi connectivity index (χ2v) is 6.96. The van der Waals surface area contributed by atoms with Crippen LogP contribution in [0.25, 0.3) is 0 Å². The highest BCUT2D eigenvalue weighted by Gasteiger charge is 2.10. The van der Waals surface area contributed by atoms with Crippen LogP contribution in [0.3, 0.4) is 0 Å². The molecule has 2 aromatic carbocycles. The van der Waals surface area contributed by atoms with Crippen LogP contribution in [-0.4, -0.2) is 16.8 Å². The molecule has 0 aliphatic rings. The van der Waals surface area contributed by atoms with Gasteiger partial charge in [-0.1, -0.05) is 30.3 Å². The zero-order chi connectivity index (χ0) is 19.2. The van der Waals surface area contributed by atoms with E-state index in [9.17, 15) is 9.59 Å². The van der Waals surface area contributed by atoms with Crippen molar-refractivity contribution in [1.82, 2.24) is 4.98 Å². The van der Waals surface area contributed by atoms with Crippen LogP contribution in [-0.2, 0) is 11.2 Å². The first-order valence-corrected chi connectivity index (χ1v) is 9.18. The van der Waals surface area contributed by atoms with Crippen LogP contribution in [0.2, 0.25) is 0 Å². The van der Waals surface area contributed by atoms with E-state index in [0.29, 0.717) is 17.1 Å². The lowest BCUT2D eigenvalue weighted by Gasteiger charge is -2.09. The van der Waals surface area contributed by atoms with Crippen molar-refractivity contribution in [2.24, 2.45) is 0 Å². The Labute approximate surface area is 166 Å². The number of carbonyl (C=O) groups is 2. The third-order valence-electron chi connectivity index (χ3n) is 3.99. The minimum absolute atomic E-state index is 0.128. The number of aryl methyl sites for hydroxylation is 1. The number of nitrogens with one attached hydrogen (secondary N) is 2. The molecule has 0 saturated heterocycles. The van der Waals surface area contributed by atoms with Gasteiger partial charge in [0.1, 0.15) is 5.82 Å². The van der Waals surface area contributed by atoms with E-state index in [1.54, 1.807) is 42.6 Å². The molecule has 0 saturated carbocycles. The number of nitrogens with zero attached hydrogens (tertiary/aromatic N) is 1. The predicted octanol–water partition coefficient (Wildman–Crippen LogP) is 4.59. The molecule has 3 rings (SSSR count). The van der Waals surface area contributed by atoms with Crippen molar-refractivity contribution in [3.8, 4) is 0 Å². The van der Waals surface area contributed by atoms with Crippen molar-refractivity contribution in [2.75, 3.05) is 10.6 Å². The van der Waals surface area contributed by atoms with E-state index in [1.165, 1.54) is 0 Å². The number of pyridine rings is 1. The second kappa shape index (κ2) is 8.60. The summed E-state index contributed by atoms with van der Waals surface area (Å²) in [4.78, 5) is 28.8. The van der Waals surface area contributed by atoms with Crippen molar-refractivity contribution in [2.45, 2.75) is 13.3 Å². The van der Waals surface area contributed by atoms with Gasteiger partial charge in [-0.3, -0.25) is 9.59 Å². The summed E-state index contributed by atoms with van der Waals surface area (Å²) in [5.41, 5.74) is 3.06. The molecule has 0 spiro atoms. The zero-order valence-corrected chi connectivity index (χ0v) is 16.3. The summed E-state index contributed by atoms with van der Waals surface area (Å²) >= 11 is 3.30. The van der Waals surface area contributed by atoms with Crippen molar-refractivity contribution in [3.63, 3.8) is 0 Å². The molecule has 0 bridgehead atoms. The molecule has 136 valence electrons. The second-order valence-electron chi connectivity index (χ2n) is 6.05. The molecule has 27 heavy (non-hydrogen) atoms. The smallest absolute Gasteiger partial charge is 0.256 e. The van der Waals surface area contributed by atoms with Gasteiger partial charge >= 0.3 is 0 Å². The van der Waals surface area contributed by atoms with Crippen molar-refractivity contribution >= 4 is 39.2 Å². The van der Waals surface area contributed by atoms with Crippen LogP contribution in [0.4, 0.5) is 11.5 Å². The van der Waals surface area contributed by atoms with Crippen LogP contribution in [0.1, 0.15) is 21.5 Å². The minimum Gasteiger partial charge on any atom is -0.326 e. The van der Waals surface area contributed by atoms with E-state index >= 15 is 0 Å². The Morgan fingerprint density at radius 3 is 2.56 bits per heavy atom. The lowest BCUT2D eigenvalue weighted by molar-refractivity contribution is -0.115. The van der Waals surface area contributed by atoms with Gasteiger partial charge < -0.3 is 10.6 Å². The van der Waals surface area contributed by atoms with Gasteiger partial charge in [-0.05, 0) is 64.3 Å². The van der Waals surface area contributed by atoms with Crippen molar-refractivity contribution in [1.29, 1.82) is 0 Å². The summed E-state index contributed by atoms with van der Waals surface area (Å²) in [6.45, 7) is 1.98. The molecule has 0 aliphatic carbocycles. The summed E-state index contributed by atoms with van der Waals surface area (Å²) in [6.07, 6.45) is 1.89. The Hall–Kier alpha value is -2.99. The minimum atomic E-state index is -0.292. The summed E-state index contributed by atoms with van der Waals surface area (Å²) in [5, 5.41) is 5.57. The number of carbonyl (C=O) groups excluding carboxylic acids is 2. The first kappa shape index (κ1) is 18.8. The molecule has 2 amide bonds. The molecule has 1 heterocycles. The Bertz CT molecular complexity index is 971. The van der Waals surface area contributed by atoms with Gasteiger partial charge in [0.25, 0.3) is 5.91 Å². The molecule has 3 aromatic rings. The summed E-state index contributed by atoms with van der Waals surface area (Å²) < 4.78 is 0.832. The maximum atomic E-state index is 12.4. The van der Waals surface area contributed by atoms with Gasteiger partial charge in [-0.15, -0.1) is 0 Å². The van der Waals surface area contributed by atoms with Crippen LogP contribution in [0.15, 0.2) is 71.3 Å². The molecule has 5 nitrogen and oxygen atoms in total. The number of amides is 2. The third-order valence-corrected chi connectivity index (χ3v) is 4.46. The first-order valence-electron chi connectivity index (χ1n) is 8.38. The molecule has 2 N–H and O–H groups in total. The fraction of sp³-hybridized carbons (Fsp3) is 0.0952. The molecular formula is C21H18BrN3O2. The van der Waals surface area contributed by atoms with Gasteiger partial charge in [0.15, 0.2) is 0 Å². The van der Waals surface area contributed by atoms with E-state index in [1.807, 2.05) is 31.2 Å². The number of hydrogen-bond acceptors (Lipinski definition) is 3. The van der Waals surface area contributed by atoms with Crippen LogP contribution in [0, 0.1) is 6.92 Å². The lowest BCUT2D eigenvalue weighted by atomic mass is 10.1. The molecule has 0 fully saturated rings. The molecule has 0 atom stereocenters. The maximum absolute atomic E-state index is 12.4. The molecule has 0 aliphatic heterocycles. The van der Waals surface area contributed by atoms with E-state index in [2.05, 4.69) is 31.5 Å². The van der Waals surface area contributed by atoms with Gasteiger partial charge in [0.05, 0.1) is 6.42 Å². The number of anilines is 2. The van der Waals surface area contributed by atoms with E-state index in [0.717, 1.165) is 15.6 Å². The molecule has 6 heteroatoms. The topological polar surface area (TPSA) is 71.1 Å². The van der Waals surface area contributed by atoms with Crippen LogP contribution in [0.5, 0.6) is 0 Å². The lowest BCUT2D eigenvalue weighted by Crippen LogP contribution is -2.16. The normalized spacial score (nSPS) is 10.3. The Balaban J connectivity index is 1.66. The van der Waals surface area contributed by atoms with Crippen molar-refractivity contribution < 1.29 is 9.59 Å². The molecule has 1 aromatic heterocycles. The van der Waals surface area contributed by atoms with Crippen LogP contribution < -0.4 is 10.6 Å². The predicted molar refractivity (Wildman–Crippen MR) is 110 cm³/mol. The van der Waals surface area contributed by atoms with Gasteiger partial charge in [-0.25, -0.2) is 4.98 Å². The zero-order valence-electron chi connectivity index (χ0n) is 14.7. The van der Waals surface area contributed by atoms with Gasteiger partial charge in [0.2, 0.25) is 5.91 Å². The number of halogens is 1. The van der Waals surface area contributed by atoms with E-state index in [-0.39, 0.29) is 18.2 Å². The van der Waals surface area contributed by atoms with Crippen LogP contribution >= 0.6 is 15.9 Å². The molecule has 0 radical (unpaired) electrons. The largest absolute Gasteiger partial charge is 0.326 e. The van der Waals surface area contributed by atoms with Crippen molar-refractivity contribution in [3.05, 3.63) is 88.0 Å². The fourth-order valence-corrected chi connectivity index (χ4v) is 2.80. The highest BCUT2D eigenvalue weighted by Crippen LogP contribution is 2.15. The Morgan fingerprint density at radius 1 is 1.00 bits per heavy atom. The summed E-state index contributed by atoms with van der Waals surface area (Å²) in [6, 6.07) is 18.1. The third kappa shape index (κ3) is 5.24. The van der Waals surface area contributed by atoms with E-state index in [4.69, 9.17) is 0 Å². The maximum Gasteiger partial charge on any atom is 0.256 e. The number of aromatic nitrogens is 1. The fourth-order valence-electron chi connectivity index (χ4n) is 2.56. The Kier molecular flexibility index (Phi) is 5.98. The summed E-state index contributed by atoms with van der Waals surface area (Å²) in [5.74, 6) is 0.0356. The quantitative estimate of drug-likeness (QED) is 0.630. The average molecular weight is 424 g/mol. The number of rotatable bonds is 5. The van der Waals surface area contributed by atoms with Gasteiger partial charge in [0, 0.05) is 21.9 Å². The molecule has 0 unspecified atom stereocenters. The summed E-state index contributed by atoms with van der Waals surface area (Å²) in [7, 11) is 0. The number of hydrogen-bond donors (Lipinski definition) is 2. The monoisotopic (exact) mass is 423 g/mol. The SMILES string of the molecule is Cc1ccccc1CC(=O)Nc1cccc(C(=O)Nc2ccc(Br)cn2)c1. The molecular weight excluding hydrogens is 406 g/mol.